The van der Waals surface area contributed by atoms with Gasteiger partial charge in [-0.15, -0.1) is 0 Å². The molecule has 1 aromatic heterocycles. The van der Waals surface area contributed by atoms with Gasteiger partial charge in [-0.2, -0.15) is 0 Å². The molecular formula is C16H18BrN3O. The van der Waals surface area contributed by atoms with Crippen LogP contribution in [0.2, 0.25) is 0 Å². The van der Waals surface area contributed by atoms with Gasteiger partial charge in [0.25, 0.3) is 5.91 Å². The number of nitrogen functional groups attached to an aromatic ring is 1. The molecule has 2 rings (SSSR count). The summed E-state index contributed by atoms with van der Waals surface area (Å²) in [7, 11) is 0. The summed E-state index contributed by atoms with van der Waals surface area (Å²) in [6.07, 6.45) is 3.50. The third-order valence-corrected chi connectivity index (χ3v) is 3.58. The molecule has 0 aliphatic rings. The number of hydrogen-bond donors (Lipinski definition) is 1. The first-order chi connectivity index (χ1) is 9.97. The van der Waals surface area contributed by atoms with Crippen LogP contribution in [0.3, 0.4) is 0 Å². The number of halogens is 1. The third kappa shape index (κ3) is 4.04. The van der Waals surface area contributed by atoms with E-state index in [0.717, 1.165) is 10.0 Å². The second kappa shape index (κ2) is 6.72. The Balaban J connectivity index is 2.27. The first-order valence-corrected chi connectivity index (χ1v) is 7.52. The zero-order valence-corrected chi connectivity index (χ0v) is 13.7. The van der Waals surface area contributed by atoms with E-state index in [4.69, 9.17) is 5.73 Å². The van der Waals surface area contributed by atoms with Gasteiger partial charge in [0.1, 0.15) is 0 Å². The summed E-state index contributed by atoms with van der Waals surface area (Å²) in [4.78, 5) is 18.6. The largest absolute Gasteiger partial charge is 0.399 e. The van der Waals surface area contributed by atoms with Crippen LogP contribution in [0, 0.1) is 0 Å². The van der Waals surface area contributed by atoms with Gasteiger partial charge < -0.3 is 10.6 Å². The van der Waals surface area contributed by atoms with E-state index >= 15 is 0 Å². The van der Waals surface area contributed by atoms with Crippen LogP contribution in [0.4, 0.5) is 5.69 Å². The van der Waals surface area contributed by atoms with E-state index in [0.29, 0.717) is 17.8 Å². The monoisotopic (exact) mass is 347 g/mol. The molecule has 2 N–H and O–H groups in total. The predicted octanol–water partition coefficient (Wildman–Crippen LogP) is 3.48. The standard InChI is InChI=1S/C16H18BrN3O/c1-11(2)20(10-12-4-3-5-19-9-12)16(21)13-6-14(17)8-15(18)7-13/h3-9,11H,10,18H2,1-2H3. The molecule has 21 heavy (non-hydrogen) atoms. The summed E-state index contributed by atoms with van der Waals surface area (Å²) >= 11 is 3.37. The van der Waals surface area contributed by atoms with E-state index < -0.39 is 0 Å². The van der Waals surface area contributed by atoms with Gasteiger partial charge in [-0.1, -0.05) is 22.0 Å². The topological polar surface area (TPSA) is 59.2 Å². The molecule has 0 atom stereocenters. The second-order valence-electron chi connectivity index (χ2n) is 5.16. The van der Waals surface area contributed by atoms with E-state index in [-0.39, 0.29) is 11.9 Å². The Morgan fingerprint density at radius 1 is 1.38 bits per heavy atom. The Labute approximate surface area is 133 Å². The highest BCUT2D eigenvalue weighted by Gasteiger charge is 2.19. The van der Waals surface area contributed by atoms with Gasteiger partial charge in [0.2, 0.25) is 0 Å². The summed E-state index contributed by atoms with van der Waals surface area (Å²) in [5.41, 5.74) is 7.97. The Hall–Kier alpha value is -1.88. The van der Waals surface area contributed by atoms with Gasteiger partial charge in [0.05, 0.1) is 0 Å². The minimum atomic E-state index is -0.0400. The minimum Gasteiger partial charge on any atom is -0.399 e. The smallest absolute Gasteiger partial charge is 0.254 e. The minimum absolute atomic E-state index is 0.0400. The summed E-state index contributed by atoms with van der Waals surface area (Å²) in [5.74, 6) is -0.0400. The normalized spacial score (nSPS) is 10.7. The van der Waals surface area contributed by atoms with Gasteiger partial charge in [0, 0.05) is 40.7 Å². The molecule has 0 aliphatic carbocycles. The number of hydrogen-bond acceptors (Lipinski definition) is 3. The Bertz CT molecular complexity index is 608. The van der Waals surface area contributed by atoms with Gasteiger partial charge in [-0.25, -0.2) is 0 Å². The van der Waals surface area contributed by atoms with Gasteiger partial charge in [0.15, 0.2) is 0 Å². The lowest BCUT2D eigenvalue weighted by Gasteiger charge is -2.27. The van der Waals surface area contributed by atoms with Crippen molar-refractivity contribution < 1.29 is 4.79 Å². The van der Waals surface area contributed by atoms with E-state index in [1.54, 1.807) is 35.5 Å². The van der Waals surface area contributed by atoms with Crippen LogP contribution >= 0.6 is 15.9 Å². The van der Waals surface area contributed by atoms with Crippen LogP contribution in [0.25, 0.3) is 0 Å². The Morgan fingerprint density at radius 2 is 2.14 bits per heavy atom. The molecule has 1 aromatic carbocycles. The van der Waals surface area contributed by atoms with Crippen molar-refractivity contribution in [3.8, 4) is 0 Å². The molecule has 4 nitrogen and oxygen atoms in total. The zero-order chi connectivity index (χ0) is 15.4. The maximum absolute atomic E-state index is 12.7. The number of nitrogens with two attached hydrogens (primary N) is 1. The molecule has 0 aliphatic heterocycles. The molecule has 0 fully saturated rings. The van der Waals surface area contributed by atoms with Crippen molar-refractivity contribution in [2.75, 3.05) is 5.73 Å². The zero-order valence-electron chi connectivity index (χ0n) is 12.1. The van der Waals surface area contributed by atoms with Gasteiger partial charge in [-0.3, -0.25) is 9.78 Å². The second-order valence-corrected chi connectivity index (χ2v) is 6.08. The first kappa shape index (κ1) is 15.5. The van der Waals surface area contributed by atoms with Crippen LogP contribution in [-0.4, -0.2) is 21.8 Å². The van der Waals surface area contributed by atoms with E-state index in [1.807, 2.05) is 26.0 Å². The Kier molecular flexibility index (Phi) is 4.96. The molecule has 0 spiro atoms. The third-order valence-electron chi connectivity index (χ3n) is 3.13. The first-order valence-electron chi connectivity index (χ1n) is 6.73. The molecule has 1 amide bonds. The number of benzene rings is 1. The summed E-state index contributed by atoms with van der Waals surface area (Å²) in [6.45, 7) is 4.52. The molecule has 2 aromatic rings. The fourth-order valence-electron chi connectivity index (χ4n) is 2.08. The molecule has 5 heteroatoms. The summed E-state index contributed by atoms with van der Waals surface area (Å²) in [6, 6.07) is 9.18. The SMILES string of the molecule is CC(C)N(Cc1cccnc1)C(=O)c1cc(N)cc(Br)c1. The maximum atomic E-state index is 12.7. The quantitative estimate of drug-likeness (QED) is 0.861. The van der Waals surface area contributed by atoms with Crippen LogP contribution < -0.4 is 5.73 Å². The van der Waals surface area contributed by atoms with Crippen LogP contribution in [-0.2, 0) is 6.54 Å². The molecule has 0 saturated heterocycles. The average Bonchev–Trinajstić information content (AvgIpc) is 2.44. The highest BCUT2D eigenvalue weighted by atomic mass is 79.9. The number of aromatic nitrogens is 1. The van der Waals surface area contributed by atoms with Crippen molar-refractivity contribution in [1.82, 2.24) is 9.88 Å². The molecule has 0 unspecified atom stereocenters. The number of anilines is 1. The molecule has 110 valence electrons. The van der Waals surface area contributed by atoms with E-state index in [2.05, 4.69) is 20.9 Å². The van der Waals surface area contributed by atoms with Gasteiger partial charge in [-0.05, 0) is 43.7 Å². The number of rotatable bonds is 4. The fourth-order valence-corrected chi connectivity index (χ4v) is 2.59. The lowest BCUT2D eigenvalue weighted by atomic mass is 10.1. The van der Waals surface area contributed by atoms with Crippen molar-refractivity contribution in [2.45, 2.75) is 26.4 Å². The van der Waals surface area contributed by atoms with Crippen molar-refractivity contribution in [1.29, 1.82) is 0 Å². The number of nitrogens with zero attached hydrogens (tertiary/aromatic N) is 2. The summed E-state index contributed by atoms with van der Waals surface area (Å²) in [5, 5.41) is 0. The van der Waals surface area contributed by atoms with E-state index in [1.165, 1.54) is 0 Å². The van der Waals surface area contributed by atoms with Crippen LogP contribution in [0.5, 0.6) is 0 Å². The number of carbonyl (C=O) groups excluding carboxylic acids is 1. The fraction of sp³-hybridized carbons (Fsp3) is 0.250. The lowest BCUT2D eigenvalue weighted by Crippen LogP contribution is -2.36. The van der Waals surface area contributed by atoms with Crippen LogP contribution in [0.1, 0.15) is 29.8 Å². The van der Waals surface area contributed by atoms with Crippen LogP contribution in [0.15, 0.2) is 47.2 Å². The Morgan fingerprint density at radius 3 is 2.71 bits per heavy atom. The molecule has 1 heterocycles. The number of amides is 1. The molecular weight excluding hydrogens is 330 g/mol. The average molecular weight is 348 g/mol. The molecule has 0 radical (unpaired) electrons. The maximum Gasteiger partial charge on any atom is 0.254 e. The lowest BCUT2D eigenvalue weighted by molar-refractivity contribution is 0.0690. The van der Waals surface area contributed by atoms with Gasteiger partial charge >= 0.3 is 0 Å². The van der Waals surface area contributed by atoms with Crippen molar-refractivity contribution in [2.24, 2.45) is 0 Å². The van der Waals surface area contributed by atoms with E-state index in [9.17, 15) is 4.79 Å². The summed E-state index contributed by atoms with van der Waals surface area (Å²) < 4.78 is 0.802. The number of carbonyl (C=O) groups is 1. The highest BCUT2D eigenvalue weighted by Crippen LogP contribution is 2.20. The van der Waals surface area contributed by atoms with Crippen molar-refractivity contribution >= 4 is 27.5 Å². The molecule has 0 saturated carbocycles. The number of pyridine rings is 1. The predicted molar refractivity (Wildman–Crippen MR) is 87.8 cm³/mol. The molecule has 0 bridgehead atoms. The van der Waals surface area contributed by atoms with Crippen molar-refractivity contribution in [3.05, 3.63) is 58.3 Å². The highest BCUT2D eigenvalue weighted by molar-refractivity contribution is 9.10. The van der Waals surface area contributed by atoms with Crippen molar-refractivity contribution in [3.63, 3.8) is 0 Å².